The van der Waals surface area contributed by atoms with Gasteiger partial charge in [-0.05, 0) is 58.2 Å². The molecule has 2 amide bonds. The topological polar surface area (TPSA) is 257 Å². The maximum Gasteiger partial charge on any atom is 0.333 e. The number of benzene rings is 2. The molecule has 2 unspecified atom stereocenters. The maximum absolute atomic E-state index is 12.6. The van der Waals surface area contributed by atoms with Crippen molar-refractivity contribution < 1.29 is 62.9 Å². The van der Waals surface area contributed by atoms with Crippen molar-refractivity contribution in [3.05, 3.63) is 46.1 Å². The zero-order valence-corrected chi connectivity index (χ0v) is 33.7. The SMILES string of the molecule is CC1(C)CC(CS(=O)(=O)[O-])c2cc3c(cc2N1CCCC(=O)ON1C(=O)CCC1=O)Oc1cc2c(cc1=N3)C(CS(=O)(=O)O)CC(C)(C)[N+]=2CCCS(=O)(=O)O. The van der Waals surface area contributed by atoms with Crippen LogP contribution in [0, 0.1) is 0 Å². The van der Waals surface area contributed by atoms with Crippen LogP contribution in [0.4, 0.5) is 11.4 Å². The molecule has 6 rings (SSSR count). The van der Waals surface area contributed by atoms with Crippen molar-refractivity contribution in [3.8, 4) is 11.5 Å². The van der Waals surface area contributed by atoms with E-state index in [1.165, 1.54) is 0 Å². The number of hydrogen-bond acceptors (Lipinski definition) is 14. The molecule has 4 aliphatic rings. The first-order valence-corrected chi connectivity index (χ1v) is 22.8. The number of carbonyl (C=O) groups excluding carboxylic acids is 3. The second-order valence-corrected chi connectivity index (χ2v) is 20.5. The van der Waals surface area contributed by atoms with E-state index in [-0.39, 0.29) is 69.5 Å². The van der Waals surface area contributed by atoms with Crippen LogP contribution in [0.2, 0.25) is 0 Å². The number of anilines is 1. The molecule has 1 fully saturated rings. The smallest absolute Gasteiger partial charge is 0.333 e. The fourth-order valence-corrected chi connectivity index (χ4v) is 10.5. The number of carbonyl (C=O) groups is 3. The van der Waals surface area contributed by atoms with Gasteiger partial charge in [-0.15, -0.1) is 5.06 Å². The molecule has 0 saturated carbocycles. The van der Waals surface area contributed by atoms with E-state index in [4.69, 9.17) is 14.6 Å². The first kappa shape index (κ1) is 41.6. The molecule has 0 spiro atoms. The summed E-state index contributed by atoms with van der Waals surface area (Å²) in [6.07, 6.45) is 0.540. The third-order valence-corrected chi connectivity index (χ3v) is 13.1. The summed E-state index contributed by atoms with van der Waals surface area (Å²) in [6, 6.07) is 6.63. The van der Waals surface area contributed by atoms with Gasteiger partial charge in [0.05, 0.1) is 27.7 Å². The Morgan fingerprint density at radius 3 is 2.20 bits per heavy atom. The lowest BCUT2D eigenvalue weighted by molar-refractivity contribution is -0.197. The van der Waals surface area contributed by atoms with Crippen LogP contribution in [-0.2, 0) is 49.6 Å². The zero-order valence-electron chi connectivity index (χ0n) is 31.3. The summed E-state index contributed by atoms with van der Waals surface area (Å²) in [4.78, 5) is 48.2. The van der Waals surface area contributed by atoms with Gasteiger partial charge in [-0.25, -0.2) is 22.8 Å². The van der Waals surface area contributed by atoms with Gasteiger partial charge in [0.2, 0.25) is 5.36 Å². The Balaban J connectivity index is 1.41. The van der Waals surface area contributed by atoms with Crippen molar-refractivity contribution in [1.29, 1.82) is 0 Å². The lowest BCUT2D eigenvalue weighted by Gasteiger charge is -2.48. The zero-order chi connectivity index (χ0) is 41.2. The highest BCUT2D eigenvalue weighted by Gasteiger charge is 2.43. The number of nitrogens with zero attached hydrogens (tertiary/aromatic N) is 4. The molecule has 0 aliphatic carbocycles. The van der Waals surface area contributed by atoms with Crippen LogP contribution < -0.4 is 24.9 Å². The minimum Gasteiger partial charge on any atom is -0.748 e. The summed E-state index contributed by atoms with van der Waals surface area (Å²) in [5.74, 6) is -4.63. The first-order valence-electron chi connectivity index (χ1n) is 18.0. The number of amides is 2. The summed E-state index contributed by atoms with van der Waals surface area (Å²) in [5.41, 5.74) is 0.392. The van der Waals surface area contributed by atoms with Gasteiger partial charge in [0.1, 0.15) is 17.6 Å². The molecule has 0 bridgehead atoms. The van der Waals surface area contributed by atoms with Crippen molar-refractivity contribution in [3.63, 3.8) is 0 Å². The van der Waals surface area contributed by atoms with E-state index in [1.807, 2.05) is 37.2 Å². The molecule has 306 valence electrons. The van der Waals surface area contributed by atoms with Gasteiger partial charge in [-0.3, -0.25) is 18.7 Å². The van der Waals surface area contributed by atoms with Gasteiger partial charge in [0.15, 0.2) is 17.0 Å². The number of hydrogen-bond donors (Lipinski definition) is 2. The largest absolute Gasteiger partial charge is 0.748 e. The standard InChI is InChI=1S/C35H44N4O14S3/c1-34(2)17-21(19-55(46,47)48)23-13-25-29(15-27(23)37(34)10-5-7-33(42)53-39-31(40)8-9-32(39)41)52-30-16-28-24(14-26(30)36-25)22(20-56(49,50)51)18-35(3,4)38(28)11-6-12-54(43,44)45/h13-16,21-22H,5-12,17-20H2,1-4H3,(H2-,43,44,45,46,47,48,49,50,51). The highest BCUT2D eigenvalue weighted by molar-refractivity contribution is 7.86. The second-order valence-electron chi connectivity index (χ2n) is 16.0. The number of rotatable bonds is 13. The van der Waals surface area contributed by atoms with Crippen molar-refractivity contribution in [2.75, 3.05) is 35.2 Å². The van der Waals surface area contributed by atoms with E-state index in [0.29, 0.717) is 38.3 Å². The third-order valence-electron chi connectivity index (χ3n) is 10.7. The van der Waals surface area contributed by atoms with E-state index in [9.17, 15) is 53.3 Å². The van der Waals surface area contributed by atoms with Crippen LogP contribution in [0.5, 0.6) is 11.5 Å². The molecule has 21 heteroatoms. The van der Waals surface area contributed by atoms with Crippen LogP contribution in [-0.4, -0.2) is 103 Å². The highest BCUT2D eigenvalue weighted by Crippen LogP contribution is 2.49. The Labute approximate surface area is 324 Å². The number of imide groups is 1. The van der Waals surface area contributed by atoms with Crippen molar-refractivity contribution >= 4 is 59.5 Å². The predicted molar refractivity (Wildman–Crippen MR) is 198 cm³/mol. The summed E-state index contributed by atoms with van der Waals surface area (Å²) >= 11 is 0. The average Bonchev–Trinajstić information content (AvgIpc) is 3.35. The van der Waals surface area contributed by atoms with Crippen LogP contribution >= 0.6 is 0 Å². The Kier molecular flexibility index (Phi) is 10.9. The number of hydroxylamine groups is 2. The molecule has 1 saturated heterocycles. The molecule has 2 N–H and O–H groups in total. The molecule has 2 aromatic carbocycles. The van der Waals surface area contributed by atoms with E-state index < -0.39 is 88.3 Å². The monoisotopic (exact) mass is 840 g/mol. The van der Waals surface area contributed by atoms with Gasteiger partial charge < -0.3 is 19.0 Å². The lowest BCUT2D eigenvalue weighted by atomic mass is 9.79. The van der Waals surface area contributed by atoms with Gasteiger partial charge in [-0.1, -0.05) is 0 Å². The normalized spacial score (nSPS) is 21.4. The number of fused-ring (bicyclic) bond motifs is 4. The summed E-state index contributed by atoms with van der Waals surface area (Å²) in [5, 5.41) is 1.31. The Bertz CT molecular complexity index is 2450. The Morgan fingerprint density at radius 2 is 1.57 bits per heavy atom. The predicted octanol–water partition coefficient (Wildman–Crippen LogP) is 1.67. The maximum atomic E-state index is 12.6. The molecule has 2 aromatic rings. The molecule has 4 heterocycles. The molecule has 0 radical (unpaired) electrons. The number of ether oxygens (including phenoxy) is 1. The average molecular weight is 841 g/mol. The molecule has 2 atom stereocenters. The molecule has 18 nitrogen and oxygen atoms in total. The first-order chi connectivity index (χ1) is 25.8. The van der Waals surface area contributed by atoms with E-state index in [0.717, 1.165) is 0 Å². The Hall–Kier alpha value is -4.02. The van der Waals surface area contributed by atoms with E-state index in [2.05, 4.69) is 0 Å². The molecular weight excluding hydrogens is 797 g/mol. The highest BCUT2D eigenvalue weighted by atomic mass is 32.2. The van der Waals surface area contributed by atoms with E-state index in [1.54, 1.807) is 24.3 Å². The van der Waals surface area contributed by atoms with Crippen LogP contribution in [0.25, 0.3) is 0 Å². The van der Waals surface area contributed by atoms with Crippen molar-refractivity contribution in [1.82, 2.24) is 9.64 Å². The van der Waals surface area contributed by atoms with Crippen LogP contribution in [0.15, 0.2) is 29.3 Å². The van der Waals surface area contributed by atoms with E-state index >= 15 is 0 Å². The van der Waals surface area contributed by atoms with Crippen LogP contribution in [0.3, 0.4) is 0 Å². The fourth-order valence-electron chi connectivity index (χ4n) is 8.39. The van der Waals surface area contributed by atoms with Crippen molar-refractivity contribution in [2.45, 2.75) is 95.6 Å². The minimum absolute atomic E-state index is 0.0431. The molecule has 4 aliphatic heterocycles. The molecular formula is C35H44N4O14S3. The summed E-state index contributed by atoms with van der Waals surface area (Å²) in [6.45, 7) is 7.86. The minimum atomic E-state index is -4.69. The van der Waals surface area contributed by atoms with Gasteiger partial charge in [0, 0.05) is 79.1 Å². The van der Waals surface area contributed by atoms with Crippen LogP contribution in [0.1, 0.15) is 95.6 Å². The summed E-state index contributed by atoms with van der Waals surface area (Å²) in [7, 11) is -13.4. The van der Waals surface area contributed by atoms with Gasteiger partial charge in [-0.2, -0.15) is 16.8 Å². The second kappa shape index (κ2) is 14.7. The van der Waals surface area contributed by atoms with Gasteiger partial charge >= 0.3 is 5.97 Å². The fraction of sp³-hybridized carbons (Fsp3) is 0.571. The molecule has 0 aromatic heterocycles. The van der Waals surface area contributed by atoms with Gasteiger partial charge in [0.25, 0.3) is 32.1 Å². The quantitative estimate of drug-likeness (QED) is 0.141. The Morgan fingerprint density at radius 1 is 0.911 bits per heavy atom. The summed E-state index contributed by atoms with van der Waals surface area (Å²) < 4.78 is 111. The van der Waals surface area contributed by atoms with Crippen molar-refractivity contribution in [2.24, 2.45) is 4.99 Å². The molecule has 56 heavy (non-hydrogen) atoms. The lowest BCUT2D eigenvalue weighted by Crippen LogP contribution is -2.54. The third kappa shape index (κ3) is 9.23.